The number of nitro benzene ring substituents is 2. The van der Waals surface area contributed by atoms with E-state index in [0.29, 0.717) is 12.8 Å². The number of aliphatic hydroxyl groups excluding tert-OH is 1. The van der Waals surface area contributed by atoms with Crippen LogP contribution >= 0.6 is 15.9 Å². The van der Waals surface area contributed by atoms with Crippen LogP contribution in [0.3, 0.4) is 0 Å². The van der Waals surface area contributed by atoms with E-state index in [1.165, 1.54) is 14.2 Å². The highest BCUT2D eigenvalue weighted by molar-refractivity contribution is 9.10. The van der Waals surface area contributed by atoms with Crippen molar-refractivity contribution in [1.82, 2.24) is 0 Å². The minimum Gasteiger partial charge on any atom is -0.490 e. The highest BCUT2D eigenvalue weighted by atomic mass is 79.9. The molecule has 0 saturated carbocycles. The van der Waals surface area contributed by atoms with Crippen molar-refractivity contribution in [3.63, 3.8) is 0 Å². The average Bonchev–Trinajstić information content (AvgIpc) is 2.73. The molecule has 0 unspecified atom stereocenters. The fraction of sp³-hybridized carbons (Fsp3) is 0.263. The van der Waals surface area contributed by atoms with E-state index in [2.05, 4.69) is 32.5 Å². The molecule has 0 saturated heterocycles. The lowest BCUT2D eigenvalue weighted by Crippen LogP contribution is -1.96. The highest BCUT2D eigenvalue weighted by Gasteiger charge is 2.19. The Hall–Kier alpha value is -3.30. The first-order valence-electron chi connectivity index (χ1n) is 8.45. The number of rotatable bonds is 6. The second-order valence-electron chi connectivity index (χ2n) is 5.59. The van der Waals surface area contributed by atoms with Crippen LogP contribution in [-0.2, 0) is 0 Å². The zero-order valence-electron chi connectivity index (χ0n) is 16.4. The van der Waals surface area contributed by atoms with Crippen LogP contribution in [0.25, 0.3) is 0 Å². The third-order valence-electron chi connectivity index (χ3n) is 3.57. The first-order valence-corrected chi connectivity index (χ1v) is 9.24. The Balaban J connectivity index is 0.000000327. The van der Waals surface area contributed by atoms with E-state index < -0.39 is 21.5 Å². The monoisotopic (exact) mass is 502 g/mol. The summed E-state index contributed by atoms with van der Waals surface area (Å²) in [5.74, 6) is 3.63. The van der Waals surface area contributed by atoms with Crippen LogP contribution in [0.5, 0.6) is 11.5 Å². The summed E-state index contributed by atoms with van der Waals surface area (Å²) in [6, 6.07) is 4.00. The van der Waals surface area contributed by atoms with Crippen molar-refractivity contribution >= 4 is 27.3 Å². The summed E-state index contributed by atoms with van der Waals surface area (Å²) < 4.78 is 35.8. The van der Waals surface area contributed by atoms with E-state index in [1.807, 2.05) is 0 Å². The van der Waals surface area contributed by atoms with Gasteiger partial charge in [0.15, 0.2) is 11.5 Å². The SMILES string of the molecule is COc1cc(F)c(Br)cc1[N+](=O)[O-].COc1cc(F)c(C#CCCCO)cc1[N+](=O)[O-]. The highest BCUT2D eigenvalue weighted by Crippen LogP contribution is 2.32. The van der Waals surface area contributed by atoms with Gasteiger partial charge in [-0.25, -0.2) is 8.78 Å². The predicted octanol–water partition coefficient (Wildman–Crippen LogP) is 4.37. The molecule has 1 N–H and O–H groups in total. The molecule has 0 bridgehead atoms. The molecule has 2 rings (SSSR count). The summed E-state index contributed by atoms with van der Waals surface area (Å²) in [4.78, 5) is 19.9. The van der Waals surface area contributed by atoms with Crippen LogP contribution in [0.1, 0.15) is 18.4 Å². The van der Waals surface area contributed by atoms with Crippen LogP contribution in [0.2, 0.25) is 0 Å². The molecule has 0 aliphatic carbocycles. The van der Waals surface area contributed by atoms with Gasteiger partial charge in [-0.2, -0.15) is 0 Å². The number of methoxy groups -OCH3 is 2. The van der Waals surface area contributed by atoms with Crippen LogP contribution in [0.4, 0.5) is 20.2 Å². The van der Waals surface area contributed by atoms with Gasteiger partial charge in [0.2, 0.25) is 0 Å². The molecule has 0 heterocycles. The fourth-order valence-corrected chi connectivity index (χ4v) is 2.43. The molecule has 31 heavy (non-hydrogen) atoms. The number of benzene rings is 2. The van der Waals surface area contributed by atoms with Gasteiger partial charge >= 0.3 is 11.4 Å². The summed E-state index contributed by atoms with van der Waals surface area (Å²) in [6.45, 7) is -0.0000769. The Kier molecular flexibility index (Phi) is 10.3. The maximum atomic E-state index is 13.5. The Morgan fingerprint density at radius 2 is 1.52 bits per heavy atom. The Labute approximate surface area is 184 Å². The summed E-state index contributed by atoms with van der Waals surface area (Å²) >= 11 is 2.84. The molecular weight excluding hydrogens is 486 g/mol. The number of nitro groups is 2. The molecule has 12 heteroatoms. The van der Waals surface area contributed by atoms with Crippen molar-refractivity contribution < 1.29 is 33.2 Å². The van der Waals surface area contributed by atoms with Crippen molar-refractivity contribution in [2.24, 2.45) is 0 Å². The first-order chi connectivity index (χ1) is 14.7. The van der Waals surface area contributed by atoms with E-state index in [0.717, 1.165) is 24.3 Å². The molecule has 0 radical (unpaired) electrons. The summed E-state index contributed by atoms with van der Waals surface area (Å²) in [5, 5.41) is 29.7. The molecule has 0 aliphatic rings. The van der Waals surface area contributed by atoms with Crippen LogP contribution in [0.15, 0.2) is 28.7 Å². The van der Waals surface area contributed by atoms with E-state index >= 15 is 0 Å². The van der Waals surface area contributed by atoms with E-state index in [9.17, 15) is 29.0 Å². The molecular formula is C19H17BrF2N2O7. The lowest BCUT2D eigenvalue weighted by molar-refractivity contribution is -0.386. The minimum absolute atomic E-state index is 0.0000769. The number of aliphatic hydroxyl groups is 1. The zero-order chi connectivity index (χ0) is 23.6. The first kappa shape index (κ1) is 25.7. The molecule has 2 aromatic carbocycles. The molecule has 0 aliphatic heterocycles. The molecule has 0 aromatic heterocycles. The maximum Gasteiger partial charge on any atom is 0.312 e. The fourth-order valence-electron chi connectivity index (χ4n) is 2.09. The van der Waals surface area contributed by atoms with Gasteiger partial charge in [0.05, 0.1) is 34.1 Å². The number of hydrogen-bond donors (Lipinski definition) is 1. The van der Waals surface area contributed by atoms with E-state index in [-0.39, 0.29) is 39.5 Å². The Morgan fingerprint density at radius 1 is 1.00 bits per heavy atom. The summed E-state index contributed by atoms with van der Waals surface area (Å²) in [6.07, 6.45) is 0.878. The molecule has 0 atom stereocenters. The van der Waals surface area contributed by atoms with Gasteiger partial charge in [-0.15, -0.1) is 0 Å². The second-order valence-corrected chi connectivity index (χ2v) is 6.44. The van der Waals surface area contributed by atoms with Crippen LogP contribution in [-0.4, -0.2) is 35.8 Å². The van der Waals surface area contributed by atoms with Crippen molar-refractivity contribution in [1.29, 1.82) is 0 Å². The standard InChI is InChI=1S/C12H12FNO4.C7H5BrFNO3/c1-18-12-8-10(13)9(5-3-2-4-6-15)7-11(12)14(16)17;1-13-7-3-5(9)4(8)2-6(7)10(11)12/h7-8,15H,2,4,6H2,1H3;2-3H,1H3. The second kappa shape index (κ2) is 12.4. The third-order valence-corrected chi connectivity index (χ3v) is 4.17. The number of unbranched alkanes of at least 4 members (excludes halogenated alkanes) is 1. The minimum atomic E-state index is -0.672. The molecule has 9 nitrogen and oxygen atoms in total. The van der Waals surface area contributed by atoms with Gasteiger partial charge in [-0.05, 0) is 22.4 Å². The smallest absolute Gasteiger partial charge is 0.312 e. The lowest BCUT2D eigenvalue weighted by atomic mass is 10.1. The quantitative estimate of drug-likeness (QED) is 0.269. The zero-order valence-corrected chi connectivity index (χ0v) is 17.9. The van der Waals surface area contributed by atoms with Crippen LogP contribution < -0.4 is 9.47 Å². The Bertz CT molecular complexity index is 1020. The number of nitrogens with zero attached hydrogens (tertiary/aromatic N) is 2. The summed E-state index contributed by atoms with van der Waals surface area (Å²) in [5.41, 5.74) is -0.651. The number of halogens is 3. The van der Waals surface area contributed by atoms with Gasteiger partial charge < -0.3 is 14.6 Å². The van der Waals surface area contributed by atoms with Gasteiger partial charge in [-0.3, -0.25) is 20.2 Å². The topological polar surface area (TPSA) is 125 Å². The largest absolute Gasteiger partial charge is 0.490 e. The van der Waals surface area contributed by atoms with Crippen molar-refractivity contribution in [3.8, 4) is 23.3 Å². The molecule has 0 amide bonds. The van der Waals surface area contributed by atoms with Gasteiger partial charge in [0.25, 0.3) is 0 Å². The molecule has 0 spiro atoms. The van der Waals surface area contributed by atoms with Gasteiger partial charge in [0, 0.05) is 37.3 Å². The molecule has 0 fully saturated rings. The molecule has 2 aromatic rings. The Morgan fingerprint density at radius 3 is 2.00 bits per heavy atom. The lowest BCUT2D eigenvalue weighted by Gasteiger charge is -2.02. The average molecular weight is 503 g/mol. The number of ether oxygens (including phenoxy) is 2. The summed E-state index contributed by atoms with van der Waals surface area (Å²) in [7, 11) is 2.48. The third kappa shape index (κ3) is 7.47. The normalized spacial score (nSPS) is 9.61. The molecule has 166 valence electrons. The predicted molar refractivity (Wildman–Crippen MR) is 110 cm³/mol. The van der Waals surface area contributed by atoms with Crippen molar-refractivity contribution in [2.75, 3.05) is 20.8 Å². The van der Waals surface area contributed by atoms with Crippen molar-refractivity contribution in [3.05, 3.63) is 66.2 Å². The van der Waals surface area contributed by atoms with Crippen LogP contribution in [0, 0.1) is 43.7 Å². The van der Waals surface area contributed by atoms with Gasteiger partial charge in [0.1, 0.15) is 11.6 Å². The van der Waals surface area contributed by atoms with Crippen molar-refractivity contribution in [2.45, 2.75) is 12.8 Å². The van der Waals surface area contributed by atoms with E-state index in [1.54, 1.807) is 0 Å². The maximum absolute atomic E-state index is 13.5. The number of hydrogen-bond acceptors (Lipinski definition) is 7. The van der Waals surface area contributed by atoms with Gasteiger partial charge in [-0.1, -0.05) is 11.8 Å². The van der Waals surface area contributed by atoms with E-state index in [4.69, 9.17) is 9.84 Å².